The molecule has 3 heterocycles. The molecule has 6 heteroatoms. The van der Waals surface area contributed by atoms with Crippen LogP contribution in [0.15, 0.2) is 12.1 Å². The van der Waals surface area contributed by atoms with Gasteiger partial charge in [0.1, 0.15) is 5.69 Å². The number of nitrogens with zero attached hydrogens (tertiary/aromatic N) is 2. The van der Waals surface area contributed by atoms with Gasteiger partial charge in [0.15, 0.2) is 0 Å². The summed E-state index contributed by atoms with van der Waals surface area (Å²) >= 11 is 0. The Bertz CT molecular complexity index is 560. The van der Waals surface area contributed by atoms with Crippen molar-refractivity contribution in [3.63, 3.8) is 0 Å². The largest absolute Gasteiger partial charge is 0.478 e. The zero-order chi connectivity index (χ0) is 14.3. The Hall–Kier alpha value is -1.95. The van der Waals surface area contributed by atoms with Crippen LogP contribution in [0.25, 0.3) is 0 Å². The lowest BCUT2D eigenvalue weighted by Crippen LogP contribution is -2.46. The third-order valence-electron chi connectivity index (χ3n) is 3.87. The molecule has 2 unspecified atom stereocenters. The second-order valence-corrected chi connectivity index (χ2v) is 5.30. The standard InChI is InChI=1S/C14H16N2O4/c1-8-11(14(18)19)4-5-12(15-8)13(17)16-6-9-2-3-10(7-16)20-9/h4-5,9-10H,2-3,6-7H2,1H3,(H,18,19). The first-order chi connectivity index (χ1) is 9.54. The minimum absolute atomic E-state index is 0.128. The molecule has 106 valence electrons. The molecular formula is C14H16N2O4. The molecule has 0 radical (unpaired) electrons. The number of morpholine rings is 1. The molecule has 0 spiro atoms. The predicted octanol–water partition coefficient (Wildman–Crippen LogP) is 1.09. The van der Waals surface area contributed by atoms with Crippen molar-refractivity contribution in [3.8, 4) is 0 Å². The molecule has 2 bridgehead atoms. The van der Waals surface area contributed by atoms with Crippen molar-refractivity contribution in [2.45, 2.75) is 32.0 Å². The van der Waals surface area contributed by atoms with Crippen LogP contribution >= 0.6 is 0 Å². The number of aromatic carboxylic acids is 1. The number of hydrogen-bond donors (Lipinski definition) is 1. The first kappa shape index (κ1) is 13.1. The van der Waals surface area contributed by atoms with Gasteiger partial charge in [-0.05, 0) is 31.9 Å². The molecule has 0 aromatic carbocycles. The quantitative estimate of drug-likeness (QED) is 0.874. The SMILES string of the molecule is Cc1nc(C(=O)N2CC3CCC(C2)O3)ccc1C(=O)O. The van der Waals surface area contributed by atoms with Gasteiger partial charge in [0.2, 0.25) is 0 Å². The van der Waals surface area contributed by atoms with Crippen LogP contribution in [0, 0.1) is 6.92 Å². The van der Waals surface area contributed by atoms with Crippen LogP contribution in [0.2, 0.25) is 0 Å². The number of amides is 1. The number of carboxylic acids is 1. The summed E-state index contributed by atoms with van der Waals surface area (Å²) in [5.41, 5.74) is 0.789. The number of carboxylic acid groups (broad SMARTS) is 1. The lowest BCUT2D eigenvalue weighted by molar-refractivity contribution is -0.0305. The van der Waals surface area contributed by atoms with Crippen LogP contribution in [-0.2, 0) is 4.74 Å². The lowest BCUT2D eigenvalue weighted by Gasteiger charge is -2.31. The Morgan fingerprint density at radius 1 is 1.30 bits per heavy atom. The van der Waals surface area contributed by atoms with E-state index in [4.69, 9.17) is 9.84 Å². The van der Waals surface area contributed by atoms with Crippen molar-refractivity contribution in [1.29, 1.82) is 0 Å². The Morgan fingerprint density at radius 3 is 2.50 bits per heavy atom. The number of fused-ring (bicyclic) bond motifs is 2. The molecule has 1 aromatic rings. The molecule has 1 amide bonds. The minimum Gasteiger partial charge on any atom is -0.478 e. The Labute approximate surface area is 116 Å². The smallest absolute Gasteiger partial charge is 0.337 e. The molecular weight excluding hydrogens is 260 g/mol. The second kappa shape index (κ2) is 4.86. The molecule has 2 fully saturated rings. The lowest BCUT2D eigenvalue weighted by atomic mass is 10.1. The average Bonchev–Trinajstić information content (AvgIpc) is 2.76. The summed E-state index contributed by atoms with van der Waals surface area (Å²) in [6, 6.07) is 2.92. The summed E-state index contributed by atoms with van der Waals surface area (Å²) in [6.07, 6.45) is 2.27. The third-order valence-corrected chi connectivity index (χ3v) is 3.87. The van der Waals surface area contributed by atoms with Crippen molar-refractivity contribution in [1.82, 2.24) is 9.88 Å². The van der Waals surface area contributed by atoms with E-state index in [9.17, 15) is 9.59 Å². The Morgan fingerprint density at radius 2 is 1.95 bits per heavy atom. The highest BCUT2D eigenvalue weighted by Gasteiger charge is 2.36. The van der Waals surface area contributed by atoms with Gasteiger partial charge in [0.25, 0.3) is 5.91 Å². The number of hydrogen-bond acceptors (Lipinski definition) is 4. The van der Waals surface area contributed by atoms with Crippen molar-refractivity contribution >= 4 is 11.9 Å². The van der Waals surface area contributed by atoms with E-state index in [1.54, 1.807) is 11.8 Å². The van der Waals surface area contributed by atoms with Gasteiger partial charge >= 0.3 is 5.97 Å². The van der Waals surface area contributed by atoms with E-state index in [2.05, 4.69) is 4.98 Å². The maximum absolute atomic E-state index is 12.4. The highest BCUT2D eigenvalue weighted by atomic mass is 16.5. The maximum atomic E-state index is 12.4. The number of ether oxygens (including phenoxy) is 1. The van der Waals surface area contributed by atoms with Gasteiger partial charge in [-0.1, -0.05) is 0 Å². The number of aromatic nitrogens is 1. The zero-order valence-corrected chi connectivity index (χ0v) is 11.2. The van der Waals surface area contributed by atoms with Gasteiger partial charge in [-0.3, -0.25) is 4.79 Å². The monoisotopic (exact) mass is 276 g/mol. The Kier molecular flexibility index (Phi) is 3.17. The van der Waals surface area contributed by atoms with Crippen molar-refractivity contribution in [2.75, 3.05) is 13.1 Å². The van der Waals surface area contributed by atoms with Gasteiger partial charge in [-0.25, -0.2) is 9.78 Å². The number of likely N-dealkylation sites (tertiary alicyclic amines) is 1. The van der Waals surface area contributed by atoms with E-state index >= 15 is 0 Å². The molecule has 2 atom stereocenters. The molecule has 2 saturated heterocycles. The number of carbonyl (C=O) groups excluding carboxylic acids is 1. The summed E-state index contributed by atoms with van der Waals surface area (Å²) in [7, 11) is 0. The van der Waals surface area contributed by atoms with Crippen molar-refractivity contribution in [2.24, 2.45) is 0 Å². The van der Waals surface area contributed by atoms with Crippen molar-refractivity contribution < 1.29 is 19.4 Å². The predicted molar refractivity (Wildman–Crippen MR) is 69.7 cm³/mol. The minimum atomic E-state index is -1.03. The summed E-state index contributed by atoms with van der Waals surface area (Å²) < 4.78 is 5.70. The maximum Gasteiger partial charge on any atom is 0.337 e. The molecule has 1 N–H and O–H groups in total. The number of aryl methyl sites for hydroxylation is 1. The normalized spacial score (nSPS) is 24.8. The molecule has 2 aliphatic heterocycles. The van der Waals surface area contributed by atoms with E-state index in [0.717, 1.165) is 12.8 Å². The van der Waals surface area contributed by atoms with Crippen LogP contribution in [0.5, 0.6) is 0 Å². The molecule has 0 saturated carbocycles. The van der Waals surface area contributed by atoms with E-state index in [1.807, 2.05) is 0 Å². The summed E-state index contributed by atoms with van der Waals surface area (Å²) in [5, 5.41) is 8.97. The van der Waals surface area contributed by atoms with E-state index < -0.39 is 5.97 Å². The number of rotatable bonds is 2. The number of carbonyl (C=O) groups is 2. The summed E-state index contributed by atoms with van der Waals surface area (Å²) in [6.45, 7) is 2.79. The van der Waals surface area contributed by atoms with Gasteiger partial charge in [0, 0.05) is 13.1 Å². The first-order valence-electron chi connectivity index (χ1n) is 6.70. The molecule has 3 rings (SSSR count). The first-order valence-corrected chi connectivity index (χ1v) is 6.70. The molecule has 1 aromatic heterocycles. The third kappa shape index (κ3) is 2.27. The molecule has 6 nitrogen and oxygen atoms in total. The highest BCUT2D eigenvalue weighted by molar-refractivity contribution is 5.94. The fraction of sp³-hybridized carbons (Fsp3) is 0.500. The van der Waals surface area contributed by atoms with Gasteiger partial charge in [-0.15, -0.1) is 0 Å². The molecule has 2 aliphatic rings. The Balaban J connectivity index is 1.80. The summed E-state index contributed by atoms with van der Waals surface area (Å²) in [4.78, 5) is 29.2. The van der Waals surface area contributed by atoms with E-state index in [-0.39, 0.29) is 23.7 Å². The van der Waals surface area contributed by atoms with Crippen molar-refractivity contribution in [3.05, 3.63) is 29.1 Å². The zero-order valence-electron chi connectivity index (χ0n) is 11.2. The van der Waals surface area contributed by atoms with Gasteiger partial charge < -0.3 is 14.7 Å². The molecule has 20 heavy (non-hydrogen) atoms. The van der Waals surface area contributed by atoms with Crippen LogP contribution in [0.1, 0.15) is 39.4 Å². The van der Waals surface area contributed by atoms with Crippen LogP contribution in [0.3, 0.4) is 0 Å². The number of pyridine rings is 1. The topological polar surface area (TPSA) is 79.7 Å². The van der Waals surface area contributed by atoms with Crippen LogP contribution in [0.4, 0.5) is 0 Å². The fourth-order valence-corrected chi connectivity index (χ4v) is 2.85. The average molecular weight is 276 g/mol. The van der Waals surface area contributed by atoms with Crippen LogP contribution in [-0.4, -0.2) is 52.2 Å². The molecule has 0 aliphatic carbocycles. The summed E-state index contributed by atoms with van der Waals surface area (Å²) in [5.74, 6) is -1.18. The van der Waals surface area contributed by atoms with Gasteiger partial charge in [0.05, 0.1) is 23.5 Å². The fourth-order valence-electron chi connectivity index (χ4n) is 2.85. The highest BCUT2D eigenvalue weighted by Crippen LogP contribution is 2.27. The van der Waals surface area contributed by atoms with Gasteiger partial charge in [-0.2, -0.15) is 0 Å². The second-order valence-electron chi connectivity index (χ2n) is 5.30. The van der Waals surface area contributed by atoms with E-state index in [1.165, 1.54) is 12.1 Å². The van der Waals surface area contributed by atoms with E-state index in [0.29, 0.717) is 24.5 Å². The van der Waals surface area contributed by atoms with Crippen LogP contribution < -0.4 is 0 Å².